The number of hydrogen-bond donors (Lipinski definition) is 4. The lowest BCUT2D eigenvalue weighted by molar-refractivity contribution is 0.0409. The quantitative estimate of drug-likeness (QED) is 0.241. The van der Waals surface area contributed by atoms with Gasteiger partial charge in [0.2, 0.25) is 0 Å². The second-order valence-electron chi connectivity index (χ2n) is 5.41. The van der Waals surface area contributed by atoms with Crippen LogP contribution in [0, 0.1) is 0 Å². The minimum Gasteiger partial charge on any atom is -0.364 e. The van der Waals surface area contributed by atoms with Gasteiger partial charge in [0.05, 0.1) is 13.3 Å². The van der Waals surface area contributed by atoms with Crippen LogP contribution in [0.15, 0.2) is 0 Å². The Labute approximate surface area is 124 Å². The molecule has 122 valence electrons. The van der Waals surface area contributed by atoms with E-state index in [1.54, 1.807) is 0 Å². The molecule has 1 unspecified atom stereocenters. The normalized spacial score (nSPS) is 13.1. The van der Waals surface area contributed by atoms with E-state index in [0.29, 0.717) is 12.8 Å². The van der Waals surface area contributed by atoms with E-state index in [9.17, 15) is 0 Å². The lowest BCUT2D eigenvalue weighted by Crippen LogP contribution is -2.36. The topological polar surface area (TPSA) is 88.6 Å². The average Bonchev–Trinajstić information content (AvgIpc) is 2.42. The average molecular weight is 289 g/mol. The molecule has 0 aromatic carbocycles. The van der Waals surface area contributed by atoms with Crippen molar-refractivity contribution in [2.24, 2.45) is 11.5 Å². The maximum Gasteiger partial charge on any atom is 0.0986 e. The fourth-order valence-corrected chi connectivity index (χ4v) is 1.86. The van der Waals surface area contributed by atoms with Crippen molar-refractivity contribution in [2.45, 2.75) is 31.7 Å². The Kier molecular flexibility index (Phi) is 15.0. The third kappa shape index (κ3) is 14.2. The van der Waals surface area contributed by atoms with E-state index in [1.807, 2.05) is 19.0 Å². The summed E-state index contributed by atoms with van der Waals surface area (Å²) in [7, 11) is 4.02. The first kappa shape index (κ1) is 19.8. The molecule has 20 heavy (non-hydrogen) atoms. The second kappa shape index (κ2) is 15.2. The third-order valence-electron chi connectivity index (χ3n) is 2.95. The minimum absolute atomic E-state index is 0.415. The van der Waals surface area contributed by atoms with Gasteiger partial charge in [0.25, 0.3) is 0 Å². The van der Waals surface area contributed by atoms with Gasteiger partial charge in [-0.25, -0.2) is 0 Å². The van der Waals surface area contributed by atoms with Gasteiger partial charge in [0.1, 0.15) is 0 Å². The molecule has 0 rings (SSSR count). The van der Waals surface area contributed by atoms with Crippen LogP contribution in [0.4, 0.5) is 0 Å². The number of rotatable bonds is 15. The van der Waals surface area contributed by atoms with Crippen molar-refractivity contribution in [3.05, 3.63) is 0 Å². The van der Waals surface area contributed by atoms with Crippen LogP contribution in [0.5, 0.6) is 0 Å². The maximum absolute atomic E-state index is 5.68. The molecule has 0 spiro atoms. The molecule has 0 fully saturated rings. The first-order chi connectivity index (χ1) is 9.70. The zero-order chi connectivity index (χ0) is 15.1. The Bertz CT molecular complexity index is 192. The van der Waals surface area contributed by atoms with Crippen molar-refractivity contribution in [2.75, 3.05) is 60.2 Å². The van der Waals surface area contributed by atoms with Gasteiger partial charge in [-0.2, -0.15) is 0 Å². The molecule has 0 aliphatic carbocycles. The van der Waals surface area contributed by atoms with Crippen LogP contribution in [-0.2, 0) is 4.74 Å². The van der Waals surface area contributed by atoms with Crippen LogP contribution in [0.1, 0.15) is 25.7 Å². The summed E-state index contributed by atoms with van der Waals surface area (Å²) in [5, 5.41) is 6.93. The van der Waals surface area contributed by atoms with E-state index < -0.39 is 0 Å². The second-order valence-corrected chi connectivity index (χ2v) is 5.41. The highest BCUT2D eigenvalue weighted by molar-refractivity contribution is 4.67. The van der Waals surface area contributed by atoms with Gasteiger partial charge in [-0.1, -0.05) is 0 Å². The molecule has 6 nitrogen and oxygen atoms in total. The lowest BCUT2D eigenvalue weighted by Gasteiger charge is -2.20. The molecule has 0 radical (unpaired) electrons. The Balaban J connectivity index is 3.68. The van der Waals surface area contributed by atoms with Crippen molar-refractivity contribution in [1.82, 2.24) is 15.5 Å². The SMILES string of the molecule is CN(C)COCC(CCCNCCCN)NCCCN. The van der Waals surface area contributed by atoms with Crippen molar-refractivity contribution in [3.63, 3.8) is 0 Å². The number of ether oxygens (including phenoxy) is 1. The molecular formula is C14H35N5O. The predicted octanol–water partition coefficient (Wildman–Crippen LogP) is -0.452. The molecule has 1 atom stereocenters. The minimum atomic E-state index is 0.415. The first-order valence-corrected chi connectivity index (χ1v) is 7.77. The number of hydrogen-bond acceptors (Lipinski definition) is 6. The maximum atomic E-state index is 5.68. The van der Waals surface area contributed by atoms with Gasteiger partial charge in [0, 0.05) is 6.04 Å². The van der Waals surface area contributed by atoms with Crippen LogP contribution in [0.2, 0.25) is 0 Å². The monoisotopic (exact) mass is 289 g/mol. The van der Waals surface area contributed by atoms with E-state index in [4.69, 9.17) is 16.2 Å². The van der Waals surface area contributed by atoms with Crippen molar-refractivity contribution in [3.8, 4) is 0 Å². The van der Waals surface area contributed by atoms with E-state index in [0.717, 1.165) is 65.0 Å². The Morgan fingerprint density at radius 3 is 2.30 bits per heavy atom. The summed E-state index contributed by atoms with van der Waals surface area (Å²) in [5.41, 5.74) is 11.0. The van der Waals surface area contributed by atoms with Crippen LogP contribution >= 0.6 is 0 Å². The highest BCUT2D eigenvalue weighted by Crippen LogP contribution is 1.98. The molecule has 0 aromatic heterocycles. The highest BCUT2D eigenvalue weighted by atomic mass is 16.5. The van der Waals surface area contributed by atoms with Gasteiger partial charge >= 0.3 is 0 Å². The third-order valence-corrected chi connectivity index (χ3v) is 2.95. The van der Waals surface area contributed by atoms with E-state index in [2.05, 4.69) is 10.6 Å². The molecule has 0 aromatic rings. The van der Waals surface area contributed by atoms with Gasteiger partial charge in [-0.05, 0) is 72.5 Å². The van der Waals surface area contributed by atoms with Crippen LogP contribution in [-0.4, -0.2) is 71.1 Å². The van der Waals surface area contributed by atoms with Crippen LogP contribution < -0.4 is 22.1 Å². The Morgan fingerprint density at radius 2 is 1.65 bits per heavy atom. The molecule has 0 saturated carbocycles. The van der Waals surface area contributed by atoms with Crippen molar-refractivity contribution in [1.29, 1.82) is 0 Å². The Morgan fingerprint density at radius 1 is 1.00 bits per heavy atom. The van der Waals surface area contributed by atoms with Crippen molar-refractivity contribution >= 4 is 0 Å². The summed E-state index contributed by atoms with van der Waals surface area (Å²) < 4.78 is 5.68. The van der Waals surface area contributed by atoms with E-state index in [1.165, 1.54) is 0 Å². The summed E-state index contributed by atoms with van der Waals surface area (Å²) in [6, 6.07) is 0.415. The summed E-state index contributed by atoms with van der Waals surface area (Å²) in [5.74, 6) is 0. The fourth-order valence-electron chi connectivity index (χ4n) is 1.86. The number of nitrogens with zero attached hydrogens (tertiary/aromatic N) is 1. The first-order valence-electron chi connectivity index (χ1n) is 7.77. The van der Waals surface area contributed by atoms with Crippen LogP contribution in [0.3, 0.4) is 0 Å². The Hall–Kier alpha value is -0.240. The zero-order valence-electron chi connectivity index (χ0n) is 13.4. The van der Waals surface area contributed by atoms with Gasteiger partial charge in [-0.3, -0.25) is 4.90 Å². The largest absolute Gasteiger partial charge is 0.364 e. The predicted molar refractivity (Wildman–Crippen MR) is 85.7 cm³/mol. The highest BCUT2D eigenvalue weighted by Gasteiger charge is 2.08. The van der Waals surface area contributed by atoms with Gasteiger partial charge < -0.3 is 26.8 Å². The summed E-state index contributed by atoms with van der Waals surface area (Å²) in [6.45, 7) is 5.94. The summed E-state index contributed by atoms with van der Waals surface area (Å²) in [6.07, 6.45) is 4.33. The molecule has 6 heteroatoms. The summed E-state index contributed by atoms with van der Waals surface area (Å²) in [4.78, 5) is 2.03. The van der Waals surface area contributed by atoms with Crippen LogP contribution in [0.25, 0.3) is 0 Å². The zero-order valence-corrected chi connectivity index (χ0v) is 13.4. The molecule has 0 heterocycles. The number of nitrogens with one attached hydrogen (secondary N) is 2. The van der Waals surface area contributed by atoms with Crippen molar-refractivity contribution < 1.29 is 4.74 Å². The fraction of sp³-hybridized carbons (Fsp3) is 1.00. The molecule has 6 N–H and O–H groups in total. The summed E-state index contributed by atoms with van der Waals surface area (Å²) >= 11 is 0. The van der Waals surface area contributed by atoms with E-state index >= 15 is 0 Å². The standard InChI is InChI=1S/C14H35N5O/c1-19(2)13-20-12-14(18-11-5-8-16)6-3-9-17-10-4-7-15/h14,17-18H,3-13,15-16H2,1-2H3. The molecule has 0 aliphatic heterocycles. The lowest BCUT2D eigenvalue weighted by atomic mass is 10.1. The van der Waals surface area contributed by atoms with Gasteiger partial charge in [0.15, 0.2) is 0 Å². The van der Waals surface area contributed by atoms with E-state index in [-0.39, 0.29) is 0 Å². The molecular weight excluding hydrogens is 254 g/mol. The number of nitrogens with two attached hydrogens (primary N) is 2. The molecule has 0 bridgehead atoms. The molecule has 0 saturated heterocycles. The van der Waals surface area contributed by atoms with Gasteiger partial charge in [-0.15, -0.1) is 0 Å². The molecule has 0 amide bonds. The molecule has 0 aliphatic rings. The smallest absolute Gasteiger partial charge is 0.0986 e.